The summed E-state index contributed by atoms with van der Waals surface area (Å²) in [6, 6.07) is 31.0. The number of hydrogen-bond donors (Lipinski definition) is 0. The minimum atomic E-state index is 0.0905. The van der Waals surface area contributed by atoms with Gasteiger partial charge in [0.25, 0.3) is 0 Å². The van der Waals surface area contributed by atoms with Crippen molar-refractivity contribution < 1.29 is 0 Å². The molecule has 2 aromatic heterocycles. The Morgan fingerprint density at radius 1 is 0.333 bits per heavy atom. The van der Waals surface area contributed by atoms with Gasteiger partial charge >= 0.3 is 0 Å². The lowest BCUT2D eigenvalue weighted by atomic mass is 9.74. The zero-order valence-electron chi connectivity index (χ0n) is 42.3. The van der Waals surface area contributed by atoms with Gasteiger partial charge in [-0.2, -0.15) is 0 Å². The Hall–Kier alpha value is -4.30. The zero-order chi connectivity index (χ0) is 45.5. The first kappa shape index (κ1) is 44.2. The van der Waals surface area contributed by atoms with Gasteiger partial charge < -0.3 is 9.13 Å². The van der Waals surface area contributed by atoms with Gasteiger partial charge in [-0.3, -0.25) is 0 Å². The van der Waals surface area contributed by atoms with E-state index in [9.17, 15) is 0 Å². The number of hydrogen-bond acceptors (Lipinski definition) is 0. The van der Waals surface area contributed by atoms with Gasteiger partial charge in [0.1, 0.15) is 0 Å². The van der Waals surface area contributed by atoms with E-state index in [0.717, 1.165) is 0 Å². The van der Waals surface area contributed by atoms with Crippen molar-refractivity contribution in [3.8, 4) is 11.4 Å². The average Bonchev–Trinajstić information content (AvgIpc) is 3.80. The molecule has 0 atom stereocenters. The normalized spacial score (nSPS) is 19.3. The van der Waals surface area contributed by atoms with Crippen molar-refractivity contribution in [3.05, 3.63) is 117 Å². The van der Waals surface area contributed by atoms with Crippen LogP contribution in [-0.2, 0) is 10.8 Å². The lowest BCUT2D eigenvalue weighted by Crippen LogP contribution is -2.19. The van der Waals surface area contributed by atoms with E-state index in [1.54, 1.807) is 33.6 Å². The molecule has 4 aliphatic rings. The Labute approximate surface area is 397 Å². The van der Waals surface area contributed by atoms with Gasteiger partial charge in [0.15, 0.2) is 0 Å². The molecule has 0 N–H and O–H groups in total. The third-order valence-corrected chi connectivity index (χ3v) is 17.7. The van der Waals surface area contributed by atoms with Crippen LogP contribution in [0.1, 0.15) is 238 Å². The molecule has 0 spiro atoms. The lowest BCUT2D eigenvalue weighted by molar-refractivity contribution is 0.432. The minimum absolute atomic E-state index is 0.0905. The van der Waals surface area contributed by atoms with Crippen LogP contribution < -0.4 is 0 Å². The maximum Gasteiger partial charge on any atom is 0.0549 e. The number of rotatable bonds is 6. The summed E-state index contributed by atoms with van der Waals surface area (Å²) in [6.07, 6.45) is 26.7. The highest BCUT2D eigenvalue weighted by Gasteiger charge is 2.34. The molecule has 0 saturated heterocycles. The standard InChI is InChI=1S/C64H80N2/c1-41-29-31-57-53(33-41)55-39-60-56(40-59(55)65(57)61-49(43-21-13-9-14-22-43)35-47(63(3,4)5)36-50(61)44-23-15-10-16-24-44)54-34-42(2)30-32-58(54)66(60)62-51(45-25-17-11-18-26-45)37-48(64(6,7)8)38-52(62)46-27-19-12-20-28-46/h29-40,43-46H,9-28H2,1-8H3. The molecule has 346 valence electrons. The highest BCUT2D eigenvalue weighted by molar-refractivity contribution is 6.19. The van der Waals surface area contributed by atoms with Crippen LogP contribution in [0.3, 0.4) is 0 Å². The summed E-state index contributed by atoms with van der Waals surface area (Å²) in [6.45, 7) is 19.3. The Morgan fingerprint density at radius 2 is 0.606 bits per heavy atom. The highest BCUT2D eigenvalue weighted by atomic mass is 15.0. The van der Waals surface area contributed by atoms with Crippen molar-refractivity contribution in [1.29, 1.82) is 0 Å². The first-order chi connectivity index (χ1) is 31.8. The summed E-state index contributed by atoms with van der Waals surface area (Å²) in [7, 11) is 0. The largest absolute Gasteiger partial charge is 0.309 e. The van der Waals surface area contributed by atoms with Gasteiger partial charge in [0.2, 0.25) is 0 Å². The number of benzene rings is 5. The van der Waals surface area contributed by atoms with E-state index in [0.29, 0.717) is 23.7 Å². The molecule has 11 rings (SSSR count). The van der Waals surface area contributed by atoms with E-state index in [4.69, 9.17) is 0 Å². The van der Waals surface area contributed by atoms with Crippen LogP contribution in [0.5, 0.6) is 0 Å². The van der Waals surface area contributed by atoms with Crippen LogP contribution in [0.4, 0.5) is 0 Å². The summed E-state index contributed by atoms with van der Waals surface area (Å²) in [5.41, 5.74) is 21.1. The predicted octanol–water partition coefficient (Wildman–Crippen LogP) is 19.3. The van der Waals surface area contributed by atoms with Crippen LogP contribution in [0.15, 0.2) is 72.8 Å². The maximum atomic E-state index is 2.84. The first-order valence-electron chi connectivity index (χ1n) is 27.2. The van der Waals surface area contributed by atoms with E-state index in [2.05, 4.69) is 137 Å². The average molecular weight is 877 g/mol. The first-order valence-corrected chi connectivity index (χ1v) is 27.2. The maximum absolute atomic E-state index is 2.84. The molecule has 66 heavy (non-hydrogen) atoms. The Balaban J connectivity index is 1.27. The van der Waals surface area contributed by atoms with Crippen molar-refractivity contribution in [2.75, 3.05) is 0 Å². The van der Waals surface area contributed by atoms with Crippen LogP contribution in [0.25, 0.3) is 55.0 Å². The predicted molar refractivity (Wildman–Crippen MR) is 285 cm³/mol. The summed E-state index contributed by atoms with van der Waals surface area (Å²) >= 11 is 0. The quantitative estimate of drug-likeness (QED) is 0.158. The molecule has 0 bridgehead atoms. The molecule has 2 heterocycles. The summed E-state index contributed by atoms with van der Waals surface area (Å²) in [4.78, 5) is 0. The van der Waals surface area contributed by atoms with E-state index >= 15 is 0 Å². The van der Waals surface area contributed by atoms with Crippen LogP contribution in [0.2, 0.25) is 0 Å². The smallest absolute Gasteiger partial charge is 0.0549 e. The molecule has 4 saturated carbocycles. The fraction of sp³-hybridized carbons (Fsp3) is 0.531. The fourth-order valence-electron chi connectivity index (χ4n) is 13.9. The SMILES string of the molecule is Cc1ccc2c(c1)c1cc3c(cc1n2-c1c(C2CCCCC2)cc(C(C)(C)C)cc1C1CCCCC1)c1cc(C)ccc1n3-c1c(C2CCCCC2)cc(C(C)(C)C)cc1C1CCCCC1. The van der Waals surface area contributed by atoms with E-state index in [1.807, 2.05) is 0 Å². The van der Waals surface area contributed by atoms with Crippen LogP contribution in [0, 0.1) is 13.8 Å². The van der Waals surface area contributed by atoms with E-state index in [-0.39, 0.29) is 10.8 Å². The van der Waals surface area contributed by atoms with Crippen LogP contribution >= 0.6 is 0 Å². The van der Waals surface area contributed by atoms with Crippen molar-refractivity contribution in [3.63, 3.8) is 0 Å². The summed E-state index contributed by atoms with van der Waals surface area (Å²) < 4.78 is 5.67. The third kappa shape index (κ3) is 7.87. The fourth-order valence-corrected chi connectivity index (χ4v) is 13.9. The van der Waals surface area contributed by atoms with E-state index in [1.165, 1.54) is 194 Å². The molecule has 4 fully saturated rings. The van der Waals surface area contributed by atoms with E-state index < -0.39 is 0 Å². The van der Waals surface area contributed by atoms with Crippen LogP contribution in [-0.4, -0.2) is 9.13 Å². The van der Waals surface area contributed by atoms with Gasteiger partial charge in [-0.05, 0) is 169 Å². The number of fused-ring (bicyclic) bond motifs is 6. The van der Waals surface area contributed by atoms with Crippen molar-refractivity contribution in [2.45, 2.75) is 218 Å². The molecule has 2 heteroatoms. The Kier molecular flexibility index (Phi) is 11.6. The molecule has 0 amide bonds. The molecular formula is C64H80N2. The highest BCUT2D eigenvalue weighted by Crippen LogP contribution is 2.51. The molecular weight excluding hydrogens is 797 g/mol. The molecule has 0 radical (unpaired) electrons. The molecule has 4 aliphatic carbocycles. The Morgan fingerprint density at radius 3 is 0.879 bits per heavy atom. The summed E-state index contributed by atoms with van der Waals surface area (Å²) in [5.74, 6) is 2.38. The minimum Gasteiger partial charge on any atom is -0.309 e. The summed E-state index contributed by atoms with van der Waals surface area (Å²) in [5, 5.41) is 5.64. The lowest BCUT2D eigenvalue weighted by Gasteiger charge is -2.33. The second kappa shape index (κ2) is 17.3. The Bertz CT molecular complexity index is 2650. The molecule has 0 aliphatic heterocycles. The molecule has 0 unspecified atom stereocenters. The third-order valence-electron chi connectivity index (χ3n) is 17.7. The van der Waals surface area contributed by atoms with Crippen molar-refractivity contribution >= 4 is 43.6 Å². The van der Waals surface area contributed by atoms with Crippen molar-refractivity contribution in [2.24, 2.45) is 0 Å². The molecule has 2 nitrogen and oxygen atoms in total. The number of aromatic nitrogens is 2. The van der Waals surface area contributed by atoms with Crippen molar-refractivity contribution in [1.82, 2.24) is 9.13 Å². The van der Waals surface area contributed by atoms with Gasteiger partial charge in [-0.1, -0.05) is 166 Å². The number of nitrogens with zero attached hydrogens (tertiary/aromatic N) is 2. The van der Waals surface area contributed by atoms with Gasteiger partial charge in [0.05, 0.1) is 33.4 Å². The van der Waals surface area contributed by atoms with Gasteiger partial charge in [0, 0.05) is 21.5 Å². The molecule has 7 aromatic rings. The topological polar surface area (TPSA) is 9.86 Å². The molecule has 5 aromatic carbocycles. The second-order valence-electron chi connectivity index (χ2n) is 24.4. The van der Waals surface area contributed by atoms with Gasteiger partial charge in [-0.15, -0.1) is 0 Å². The van der Waals surface area contributed by atoms with Gasteiger partial charge in [-0.25, -0.2) is 0 Å². The monoisotopic (exact) mass is 877 g/mol. The second-order valence-corrected chi connectivity index (χ2v) is 24.4. The number of aryl methyl sites for hydroxylation is 2. The zero-order valence-corrected chi connectivity index (χ0v) is 42.3.